The fourth-order valence-electron chi connectivity index (χ4n) is 3.75. The third-order valence-electron chi connectivity index (χ3n) is 5.65. The average molecular weight is 542 g/mol. The van der Waals surface area contributed by atoms with Gasteiger partial charge in [-0.2, -0.15) is 5.10 Å². The summed E-state index contributed by atoms with van der Waals surface area (Å²) in [5.74, 6) is -1.75. The first-order valence-corrected chi connectivity index (χ1v) is 12.5. The van der Waals surface area contributed by atoms with Crippen molar-refractivity contribution in [2.75, 3.05) is 26.0 Å². The molecule has 0 atom stereocenters. The number of hydrogen-bond acceptors (Lipinski definition) is 7. The predicted octanol–water partition coefficient (Wildman–Crippen LogP) is 5.22. The summed E-state index contributed by atoms with van der Waals surface area (Å²) in [6.07, 6.45) is -1.15. The number of carbonyl (C=O) groups is 3. The molecule has 1 N–H and O–H groups in total. The Kier molecular flexibility index (Phi) is 7.81. The number of carbonyl (C=O) groups excluding carboxylic acids is 3. The molecule has 4 rings (SSSR count). The van der Waals surface area contributed by atoms with Crippen LogP contribution in [0.1, 0.15) is 61.4 Å². The molecule has 4 aromatic rings. The van der Waals surface area contributed by atoms with Gasteiger partial charge in [0.15, 0.2) is 5.65 Å². The van der Waals surface area contributed by atoms with Gasteiger partial charge in [-0.25, -0.2) is 23.1 Å². The predicted molar refractivity (Wildman–Crippen MR) is 139 cm³/mol. The number of esters is 1. The van der Waals surface area contributed by atoms with Crippen LogP contribution in [-0.2, 0) is 4.74 Å². The van der Waals surface area contributed by atoms with Gasteiger partial charge in [0.05, 0.1) is 28.9 Å². The number of aromatic nitrogens is 3. The number of benzene rings is 1. The molecule has 0 saturated heterocycles. The Labute approximate surface area is 221 Å². The highest BCUT2D eigenvalue weighted by Gasteiger charge is 2.29. The number of thiophene rings is 1. The minimum atomic E-state index is -2.88. The van der Waals surface area contributed by atoms with Crippen LogP contribution >= 0.6 is 11.3 Å². The molecule has 0 aliphatic carbocycles. The zero-order valence-corrected chi connectivity index (χ0v) is 21.9. The second-order valence-corrected chi connectivity index (χ2v) is 9.60. The number of nitrogens with one attached hydrogen (secondary N) is 1. The lowest BCUT2D eigenvalue weighted by atomic mass is 10.1. The summed E-state index contributed by atoms with van der Waals surface area (Å²) in [6.45, 7) is 3.60. The van der Waals surface area contributed by atoms with Crippen LogP contribution in [0.5, 0.6) is 0 Å². The molecule has 0 bridgehead atoms. The average Bonchev–Trinajstić information content (AvgIpc) is 3.47. The number of alkyl halides is 2. The molecule has 0 saturated carbocycles. The van der Waals surface area contributed by atoms with E-state index in [0.717, 1.165) is 22.0 Å². The minimum absolute atomic E-state index is 0.0599. The van der Waals surface area contributed by atoms with Crippen molar-refractivity contribution in [3.63, 3.8) is 0 Å². The van der Waals surface area contributed by atoms with Gasteiger partial charge in [-0.3, -0.25) is 9.59 Å². The van der Waals surface area contributed by atoms with E-state index in [4.69, 9.17) is 4.74 Å². The van der Waals surface area contributed by atoms with Crippen molar-refractivity contribution in [3.8, 4) is 11.3 Å². The van der Waals surface area contributed by atoms with Crippen LogP contribution < -0.4 is 5.32 Å². The zero-order chi connectivity index (χ0) is 27.6. The van der Waals surface area contributed by atoms with E-state index in [1.165, 1.54) is 11.0 Å². The number of anilines is 1. The van der Waals surface area contributed by atoms with Crippen LogP contribution in [0.2, 0.25) is 0 Å². The second-order valence-electron chi connectivity index (χ2n) is 8.58. The van der Waals surface area contributed by atoms with Crippen LogP contribution in [0, 0.1) is 6.92 Å². The maximum absolute atomic E-state index is 13.9. The van der Waals surface area contributed by atoms with Crippen molar-refractivity contribution < 1.29 is 27.9 Å². The second kappa shape index (κ2) is 11.1. The van der Waals surface area contributed by atoms with E-state index in [2.05, 4.69) is 15.4 Å². The number of ether oxygens (including phenoxy) is 1. The zero-order valence-electron chi connectivity index (χ0n) is 21.1. The molecule has 0 radical (unpaired) electrons. The quantitative estimate of drug-likeness (QED) is 0.307. The molecule has 3 aromatic heterocycles. The third-order valence-corrected chi connectivity index (χ3v) is 6.85. The lowest BCUT2D eigenvalue weighted by molar-refractivity contribution is 0.0506. The molecule has 9 nitrogen and oxygen atoms in total. The molecule has 0 unspecified atom stereocenters. The molecule has 0 spiro atoms. The van der Waals surface area contributed by atoms with Crippen LogP contribution in [0.4, 0.5) is 13.8 Å². The largest absolute Gasteiger partial charge is 0.462 e. The van der Waals surface area contributed by atoms with Crippen LogP contribution in [0.3, 0.4) is 0 Å². The Morgan fingerprint density at radius 3 is 2.53 bits per heavy atom. The van der Waals surface area contributed by atoms with Gasteiger partial charge in [0, 0.05) is 19.7 Å². The molecule has 12 heteroatoms. The molecule has 1 aromatic carbocycles. The highest BCUT2D eigenvalue weighted by Crippen LogP contribution is 2.35. The molecule has 0 fully saturated rings. The minimum Gasteiger partial charge on any atom is -0.462 e. The lowest BCUT2D eigenvalue weighted by Gasteiger charge is -2.09. The van der Waals surface area contributed by atoms with Gasteiger partial charge in [0.1, 0.15) is 16.3 Å². The summed E-state index contributed by atoms with van der Waals surface area (Å²) < 4.78 is 34.0. The van der Waals surface area contributed by atoms with Crippen molar-refractivity contribution in [2.24, 2.45) is 0 Å². The molecular weight excluding hydrogens is 516 g/mol. The van der Waals surface area contributed by atoms with E-state index in [1.807, 2.05) is 6.92 Å². The Balaban J connectivity index is 1.79. The van der Waals surface area contributed by atoms with Gasteiger partial charge >= 0.3 is 5.97 Å². The normalized spacial score (nSPS) is 11.1. The number of fused-ring (bicyclic) bond motifs is 1. The standard InChI is InChI=1S/C26H25F2N5O4S/c1-5-11-37-26(36)19-14(2)20(25(35)32(3)4)38-24(19)31-23(34)16-13-29-33-18(21(27)28)12-17(30-22(16)33)15-9-7-6-8-10-15/h6-10,12-13,21H,5,11H2,1-4H3,(H,31,34). The summed E-state index contributed by atoms with van der Waals surface area (Å²) in [5, 5.41) is 6.73. The first kappa shape index (κ1) is 26.9. The fraction of sp³-hybridized carbons (Fsp3) is 0.269. The first-order valence-electron chi connectivity index (χ1n) is 11.7. The molecule has 3 heterocycles. The van der Waals surface area contributed by atoms with Gasteiger partial charge in [0.25, 0.3) is 18.2 Å². The van der Waals surface area contributed by atoms with Crippen molar-refractivity contribution in [1.29, 1.82) is 0 Å². The third kappa shape index (κ3) is 5.12. The van der Waals surface area contributed by atoms with Gasteiger partial charge < -0.3 is 15.0 Å². The summed E-state index contributed by atoms with van der Waals surface area (Å²) >= 11 is 0.932. The summed E-state index contributed by atoms with van der Waals surface area (Å²) in [7, 11) is 3.15. The molecule has 0 aliphatic rings. The molecule has 198 valence electrons. The van der Waals surface area contributed by atoms with Gasteiger partial charge in [-0.15, -0.1) is 11.3 Å². The number of amides is 2. The van der Waals surface area contributed by atoms with E-state index in [-0.39, 0.29) is 44.9 Å². The van der Waals surface area contributed by atoms with E-state index in [1.54, 1.807) is 51.4 Å². The monoisotopic (exact) mass is 541 g/mol. The molecular formula is C26H25F2N5O4S. The van der Waals surface area contributed by atoms with Crippen molar-refractivity contribution in [2.45, 2.75) is 26.7 Å². The van der Waals surface area contributed by atoms with Crippen LogP contribution in [0.25, 0.3) is 16.9 Å². The highest BCUT2D eigenvalue weighted by atomic mass is 32.1. The number of halogens is 2. The number of nitrogens with zero attached hydrogens (tertiary/aromatic N) is 4. The number of hydrogen-bond donors (Lipinski definition) is 1. The smallest absolute Gasteiger partial charge is 0.341 e. The van der Waals surface area contributed by atoms with E-state index in [0.29, 0.717) is 17.5 Å². The van der Waals surface area contributed by atoms with E-state index in [9.17, 15) is 23.2 Å². The maximum Gasteiger partial charge on any atom is 0.341 e. The fourth-order valence-corrected chi connectivity index (χ4v) is 4.96. The van der Waals surface area contributed by atoms with Crippen molar-refractivity contribution in [1.82, 2.24) is 19.5 Å². The summed E-state index contributed by atoms with van der Waals surface area (Å²) in [5.41, 5.74) is 0.682. The highest BCUT2D eigenvalue weighted by molar-refractivity contribution is 7.18. The van der Waals surface area contributed by atoms with E-state index < -0.39 is 24.0 Å². The Morgan fingerprint density at radius 2 is 1.89 bits per heavy atom. The Hall–Kier alpha value is -4.19. The van der Waals surface area contributed by atoms with Gasteiger partial charge in [-0.1, -0.05) is 37.3 Å². The lowest BCUT2D eigenvalue weighted by Crippen LogP contribution is -2.21. The van der Waals surface area contributed by atoms with Crippen molar-refractivity contribution >= 4 is 39.8 Å². The molecule has 38 heavy (non-hydrogen) atoms. The Morgan fingerprint density at radius 1 is 1.18 bits per heavy atom. The SMILES string of the molecule is CCCOC(=O)c1c(NC(=O)c2cnn3c(C(F)F)cc(-c4ccccc4)nc23)sc(C(=O)N(C)C)c1C. The van der Waals surface area contributed by atoms with Gasteiger partial charge in [0.2, 0.25) is 0 Å². The van der Waals surface area contributed by atoms with Crippen molar-refractivity contribution in [3.05, 3.63) is 69.9 Å². The molecule has 2 amide bonds. The first-order chi connectivity index (χ1) is 18.1. The topological polar surface area (TPSA) is 106 Å². The van der Waals surface area contributed by atoms with Crippen LogP contribution in [-0.4, -0.2) is 58.0 Å². The molecule has 0 aliphatic heterocycles. The van der Waals surface area contributed by atoms with Crippen LogP contribution in [0.15, 0.2) is 42.6 Å². The Bertz CT molecular complexity index is 1520. The van der Waals surface area contributed by atoms with E-state index >= 15 is 0 Å². The number of rotatable bonds is 8. The summed E-state index contributed by atoms with van der Waals surface area (Å²) in [4.78, 5) is 45.0. The van der Waals surface area contributed by atoms with Gasteiger partial charge in [-0.05, 0) is 25.0 Å². The summed E-state index contributed by atoms with van der Waals surface area (Å²) in [6, 6.07) is 9.95. The maximum atomic E-state index is 13.9.